The number of hydrogen-bond acceptors (Lipinski definition) is 14. The van der Waals surface area contributed by atoms with Crippen molar-refractivity contribution in [3.63, 3.8) is 0 Å². The third kappa shape index (κ3) is 10.7. The SMILES string of the molecule is CC(C)(C)OC(=O)N1CC[C@H](O)C1.CCn1ncc(-c2nc3c(Cl)ncnc3n2C)c1C.CCn1ncc(-c2nc3c(OC4CCN(C(=O)OC(C)(C)C)C4)ncnc3n2C)c1C. The molecule has 0 aromatic carbocycles. The van der Waals surface area contributed by atoms with Gasteiger partial charge >= 0.3 is 12.2 Å². The summed E-state index contributed by atoms with van der Waals surface area (Å²) < 4.78 is 24.5. The normalized spacial score (nSPS) is 16.5. The summed E-state index contributed by atoms with van der Waals surface area (Å²) in [6.45, 7) is 22.9. The predicted molar refractivity (Wildman–Crippen MR) is 236 cm³/mol. The highest BCUT2D eigenvalue weighted by atomic mass is 35.5. The van der Waals surface area contributed by atoms with Gasteiger partial charge in [-0.25, -0.2) is 34.5 Å². The highest BCUT2D eigenvalue weighted by molar-refractivity contribution is 6.33. The fourth-order valence-electron chi connectivity index (χ4n) is 7.20. The van der Waals surface area contributed by atoms with Crippen molar-refractivity contribution in [2.24, 2.45) is 14.1 Å². The molecule has 1 N–H and O–H groups in total. The van der Waals surface area contributed by atoms with Crippen molar-refractivity contribution >= 4 is 46.1 Å². The van der Waals surface area contributed by atoms with Crippen LogP contribution in [0, 0.1) is 13.8 Å². The molecule has 2 amide bonds. The van der Waals surface area contributed by atoms with E-state index in [0.29, 0.717) is 66.7 Å². The van der Waals surface area contributed by atoms with Crippen LogP contribution in [0.2, 0.25) is 5.15 Å². The second kappa shape index (κ2) is 18.8. The summed E-state index contributed by atoms with van der Waals surface area (Å²) in [6, 6.07) is 0. The van der Waals surface area contributed by atoms with Gasteiger partial charge < -0.3 is 38.3 Å². The quantitative estimate of drug-likeness (QED) is 0.186. The molecular formula is C42H59ClN14O6. The van der Waals surface area contributed by atoms with Crippen LogP contribution in [-0.2, 0) is 36.7 Å². The van der Waals surface area contributed by atoms with Crippen LogP contribution in [0.1, 0.15) is 79.6 Å². The largest absolute Gasteiger partial charge is 0.471 e. The number of carbonyl (C=O) groups is 2. The number of halogens is 1. The average Bonchev–Trinajstić information content (AvgIpc) is 4.08. The molecule has 63 heavy (non-hydrogen) atoms. The zero-order valence-electron chi connectivity index (χ0n) is 38.2. The molecule has 2 aliphatic heterocycles. The molecule has 8 heterocycles. The number of imidazole rings is 2. The number of fused-ring (bicyclic) bond motifs is 2. The second-order valence-electron chi connectivity index (χ2n) is 17.4. The van der Waals surface area contributed by atoms with Crippen LogP contribution < -0.4 is 4.74 Å². The maximum Gasteiger partial charge on any atom is 0.410 e. The smallest absolute Gasteiger partial charge is 0.410 e. The lowest BCUT2D eigenvalue weighted by Crippen LogP contribution is -2.36. The number of amides is 2. The number of aromatic nitrogens is 12. The Morgan fingerprint density at radius 2 is 1.21 bits per heavy atom. The molecule has 0 aliphatic carbocycles. The molecule has 340 valence electrons. The number of hydrogen-bond donors (Lipinski definition) is 1. The fourth-order valence-corrected chi connectivity index (χ4v) is 7.37. The Balaban J connectivity index is 0.000000175. The van der Waals surface area contributed by atoms with Gasteiger partial charge in [0, 0.05) is 64.6 Å². The Bertz CT molecular complexity index is 2570. The summed E-state index contributed by atoms with van der Waals surface area (Å²) in [6.07, 6.45) is 6.70. The van der Waals surface area contributed by atoms with Crippen LogP contribution >= 0.6 is 11.6 Å². The summed E-state index contributed by atoms with van der Waals surface area (Å²) in [5, 5.41) is 18.3. The maximum atomic E-state index is 12.3. The van der Waals surface area contributed by atoms with Crippen molar-refractivity contribution in [3.8, 4) is 28.7 Å². The first-order chi connectivity index (χ1) is 29.7. The van der Waals surface area contributed by atoms with Crippen LogP contribution in [0.3, 0.4) is 0 Å². The van der Waals surface area contributed by atoms with E-state index in [-0.39, 0.29) is 24.4 Å². The molecule has 0 spiro atoms. The maximum absolute atomic E-state index is 12.3. The predicted octanol–water partition coefficient (Wildman–Crippen LogP) is 6.14. The monoisotopic (exact) mass is 890 g/mol. The van der Waals surface area contributed by atoms with E-state index in [1.807, 2.05) is 100 Å². The first-order valence-electron chi connectivity index (χ1n) is 21.1. The molecule has 2 atom stereocenters. The molecule has 1 unspecified atom stereocenters. The molecule has 21 heteroatoms. The highest BCUT2D eigenvalue weighted by Crippen LogP contribution is 2.31. The van der Waals surface area contributed by atoms with Gasteiger partial charge in [-0.3, -0.25) is 9.36 Å². The van der Waals surface area contributed by atoms with Gasteiger partial charge in [-0.05, 0) is 75.7 Å². The molecule has 2 saturated heterocycles. The Hall–Kier alpha value is -5.89. The van der Waals surface area contributed by atoms with E-state index >= 15 is 0 Å². The number of ether oxygens (including phenoxy) is 3. The first-order valence-corrected chi connectivity index (χ1v) is 21.4. The number of aliphatic hydroxyl groups is 1. The van der Waals surface area contributed by atoms with Crippen LogP contribution in [0.4, 0.5) is 9.59 Å². The van der Waals surface area contributed by atoms with E-state index in [4.69, 9.17) is 30.8 Å². The van der Waals surface area contributed by atoms with Crippen molar-refractivity contribution < 1.29 is 28.9 Å². The number of rotatable bonds is 6. The van der Waals surface area contributed by atoms with Gasteiger partial charge in [-0.15, -0.1) is 0 Å². The van der Waals surface area contributed by atoms with E-state index in [2.05, 4.69) is 49.0 Å². The Morgan fingerprint density at radius 3 is 1.67 bits per heavy atom. The first kappa shape index (κ1) is 46.6. The zero-order chi connectivity index (χ0) is 46.0. The molecule has 6 aromatic rings. The number of β-amino-alcohol motifs (C(OH)–C–C–N with tert-alkyl or cyclic N) is 1. The van der Waals surface area contributed by atoms with Crippen molar-refractivity contribution in [3.05, 3.63) is 41.6 Å². The molecule has 8 rings (SSSR count). The van der Waals surface area contributed by atoms with Crippen LogP contribution in [0.5, 0.6) is 5.88 Å². The Labute approximate surface area is 371 Å². The lowest BCUT2D eigenvalue weighted by molar-refractivity contribution is 0.0263. The number of aryl methyl sites for hydroxylation is 4. The minimum absolute atomic E-state index is 0.180. The standard InChI is InChI=1S/C21H29N7O3.C12H13ClN6.C9H17NO3/c1-7-28-13(2)15(10-24-28)17-25-16-18(26(17)6)22-12-23-19(16)30-14-8-9-27(11-14)20(29)31-21(3,4)5;1-4-19-7(2)8(5-16-19)11-17-9-10(13)14-6-15-12(9)18(11)3;1-9(2,3)13-8(12)10-5-4-7(11)6-10/h10,12,14H,7-9,11H2,1-6H3;5-6H,4H2,1-3H3;7,11H,4-6H2,1-3H3/t;;7-/m..0/s1. The highest BCUT2D eigenvalue weighted by Gasteiger charge is 2.32. The average molecular weight is 891 g/mol. The van der Waals surface area contributed by atoms with E-state index in [0.717, 1.165) is 52.9 Å². The molecule has 0 bridgehead atoms. The van der Waals surface area contributed by atoms with Crippen molar-refractivity contribution in [2.45, 2.75) is 119 Å². The molecule has 20 nitrogen and oxygen atoms in total. The third-order valence-electron chi connectivity index (χ3n) is 10.4. The summed E-state index contributed by atoms with van der Waals surface area (Å²) in [4.78, 5) is 53.2. The van der Waals surface area contributed by atoms with E-state index in [1.165, 1.54) is 17.6 Å². The van der Waals surface area contributed by atoms with E-state index in [1.54, 1.807) is 4.90 Å². The summed E-state index contributed by atoms with van der Waals surface area (Å²) in [7, 11) is 3.83. The zero-order valence-corrected chi connectivity index (χ0v) is 39.0. The van der Waals surface area contributed by atoms with Gasteiger partial charge in [0.2, 0.25) is 5.88 Å². The van der Waals surface area contributed by atoms with Gasteiger partial charge in [-0.1, -0.05) is 11.6 Å². The topological polar surface area (TPSA) is 211 Å². The van der Waals surface area contributed by atoms with Crippen LogP contribution in [0.25, 0.3) is 45.1 Å². The van der Waals surface area contributed by atoms with Crippen molar-refractivity contribution in [1.29, 1.82) is 0 Å². The number of likely N-dealkylation sites (tertiary alicyclic amines) is 2. The van der Waals surface area contributed by atoms with E-state index in [9.17, 15) is 14.7 Å². The molecule has 6 aromatic heterocycles. The molecule has 2 fully saturated rings. The molecular weight excluding hydrogens is 832 g/mol. The van der Waals surface area contributed by atoms with Crippen LogP contribution in [-0.4, -0.2) is 135 Å². The lowest BCUT2D eigenvalue weighted by Gasteiger charge is -2.24. The molecule has 2 aliphatic rings. The van der Waals surface area contributed by atoms with E-state index < -0.39 is 11.2 Å². The Morgan fingerprint density at radius 1 is 0.730 bits per heavy atom. The van der Waals surface area contributed by atoms with Gasteiger partial charge in [0.05, 0.1) is 36.2 Å². The number of aliphatic hydroxyl groups excluding tert-OH is 1. The summed E-state index contributed by atoms with van der Waals surface area (Å²) in [5.41, 5.74) is 5.69. The van der Waals surface area contributed by atoms with Crippen molar-refractivity contribution in [2.75, 3.05) is 26.2 Å². The van der Waals surface area contributed by atoms with Gasteiger partial charge in [0.1, 0.15) is 47.1 Å². The molecule has 0 saturated carbocycles. The van der Waals surface area contributed by atoms with Crippen LogP contribution in [0.15, 0.2) is 25.0 Å². The van der Waals surface area contributed by atoms with Gasteiger partial charge in [0.25, 0.3) is 0 Å². The summed E-state index contributed by atoms with van der Waals surface area (Å²) in [5.74, 6) is 1.98. The Kier molecular flexibility index (Phi) is 13.9. The van der Waals surface area contributed by atoms with Gasteiger partial charge in [0.15, 0.2) is 22.0 Å². The third-order valence-corrected chi connectivity index (χ3v) is 10.7. The number of nitrogens with zero attached hydrogens (tertiary/aromatic N) is 14. The minimum atomic E-state index is -0.525. The summed E-state index contributed by atoms with van der Waals surface area (Å²) >= 11 is 6.05. The molecule has 0 radical (unpaired) electrons. The number of carbonyl (C=O) groups excluding carboxylic acids is 2. The van der Waals surface area contributed by atoms with Crippen molar-refractivity contribution in [1.82, 2.24) is 68.4 Å². The lowest BCUT2D eigenvalue weighted by atomic mass is 10.2. The fraction of sp³-hybridized carbons (Fsp3) is 0.571. The second-order valence-corrected chi connectivity index (χ2v) is 17.8. The minimum Gasteiger partial charge on any atom is -0.471 e. The van der Waals surface area contributed by atoms with Gasteiger partial charge in [-0.2, -0.15) is 15.2 Å².